The molecule has 0 aliphatic carbocycles. The quantitative estimate of drug-likeness (QED) is 0.795. The van der Waals surface area contributed by atoms with Gasteiger partial charge in [-0.1, -0.05) is 13.8 Å². The van der Waals surface area contributed by atoms with Gasteiger partial charge in [-0.25, -0.2) is 8.42 Å². The van der Waals surface area contributed by atoms with Crippen LogP contribution in [0.5, 0.6) is 0 Å². The van der Waals surface area contributed by atoms with E-state index in [1.807, 2.05) is 19.2 Å². The number of pyridine rings is 1. The van der Waals surface area contributed by atoms with E-state index in [2.05, 4.69) is 31.0 Å². The summed E-state index contributed by atoms with van der Waals surface area (Å²) in [6.07, 6.45) is 3.08. The van der Waals surface area contributed by atoms with Crippen LogP contribution in [0.2, 0.25) is 0 Å². The number of anilines is 1. The van der Waals surface area contributed by atoms with Crippen LogP contribution in [0.3, 0.4) is 0 Å². The first-order valence-electron chi connectivity index (χ1n) is 6.31. The second kappa shape index (κ2) is 6.87. The summed E-state index contributed by atoms with van der Waals surface area (Å²) in [5.41, 5.74) is 1.43. The van der Waals surface area contributed by atoms with Gasteiger partial charge in [0.25, 0.3) is 10.0 Å². The zero-order valence-electron chi connectivity index (χ0n) is 11.6. The minimum atomic E-state index is -3.57. The monoisotopic (exact) mass is 389 g/mol. The van der Waals surface area contributed by atoms with E-state index in [-0.39, 0.29) is 0 Å². The second-order valence-corrected chi connectivity index (χ2v) is 8.45. The predicted molar refractivity (Wildman–Crippen MR) is 89.0 cm³/mol. The molecule has 0 saturated carbocycles. The summed E-state index contributed by atoms with van der Waals surface area (Å²) in [6.45, 7) is 4.75. The molecule has 0 aliphatic rings. The van der Waals surface area contributed by atoms with E-state index in [0.29, 0.717) is 27.0 Å². The van der Waals surface area contributed by atoms with Crippen LogP contribution in [0.1, 0.15) is 19.4 Å². The molecular formula is C13H16BrN3O2S2. The summed E-state index contributed by atoms with van der Waals surface area (Å²) in [6, 6.07) is 3.66. The van der Waals surface area contributed by atoms with Gasteiger partial charge in [-0.15, -0.1) is 11.3 Å². The van der Waals surface area contributed by atoms with Crippen LogP contribution in [-0.4, -0.2) is 19.4 Å². The highest BCUT2D eigenvalue weighted by molar-refractivity contribution is 9.10. The van der Waals surface area contributed by atoms with Crippen molar-refractivity contribution >= 4 is 43.0 Å². The van der Waals surface area contributed by atoms with Crippen molar-refractivity contribution in [2.24, 2.45) is 0 Å². The summed E-state index contributed by atoms with van der Waals surface area (Å²) < 4.78 is 28.1. The predicted octanol–water partition coefficient (Wildman–Crippen LogP) is 3.20. The van der Waals surface area contributed by atoms with E-state index in [9.17, 15) is 8.42 Å². The molecule has 5 nitrogen and oxygen atoms in total. The molecule has 2 rings (SSSR count). The number of hydrogen-bond acceptors (Lipinski definition) is 5. The van der Waals surface area contributed by atoms with Crippen molar-refractivity contribution in [3.05, 3.63) is 39.9 Å². The Balaban J connectivity index is 2.15. The van der Waals surface area contributed by atoms with Crippen LogP contribution in [-0.2, 0) is 16.6 Å². The molecule has 8 heteroatoms. The van der Waals surface area contributed by atoms with Crippen LogP contribution in [0.4, 0.5) is 5.69 Å². The van der Waals surface area contributed by atoms with E-state index in [1.165, 1.54) is 17.5 Å². The maximum Gasteiger partial charge on any atom is 0.271 e. The molecule has 0 fully saturated rings. The fourth-order valence-electron chi connectivity index (χ4n) is 1.56. The van der Waals surface area contributed by atoms with Crippen LogP contribution >= 0.6 is 27.3 Å². The molecule has 2 heterocycles. The number of nitrogens with zero attached hydrogens (tertiary/aromatic N) is 1. The molecule has 0 unspecified atom stereocenters. The molecular weight excluding hydrogens is 374 g/mol. The molecule has 2 aromatic heterocycles. The van der Waals surface area contributed by atoms with Gasteiger partial charge in [0.2, 0.25) is 0 Å². The van der Waals surface area contributed by atoms with Gasteiger partial charge in [0.05, 0.1) is 10.2 Å². The first-order valence-corrected chi connectivity index (χ1v) is 9.47. The Morgan fingerprint density at radius 1 is 1.43 bits per heavy atom. The third kappa shape index (κ3) is 4.50. The van der Waals surface area contributed by atoms with Gasteiger partial charge in [0.15, 0.2) is 0 Å². The van der Waals surface area contributed by atoms with Gasteiger partial charge in [0.1, 0.15) is 4.21 Å². The minimum Gasteiger partial charge on any atom is -0.310 e. The Labute approximate surface area is 137 Å². The topological polar surface area (TPSA) is 71.1 Å². The molecule has 21 heavy (non-hydrogen) atoms. The molecule has 0 bridgehead atoms. The summed E-state index contributed by atoms with van der Waals surface area (Å²) >= 11 is 4.48. The molecule has 0 spiro atoms. The molecule has 0 saturated heterocycles. The third-order valence-electron chi connectivity index (χ3n) is 2.63. The van der Waals surface area contributed by atoms with E-state index < -0.39 is 10.0 Å². The van der Waals surface area contributed by atoms with Gasteiger partial charge >= 0.3 is 0 Å². The summed E-state index contributed by atoms with van der Waals surface area (Å²) in [5, 5.41) is 5.11. The number of rotatable bonds is 6. The Hall–Kier alpha value is -0.960. The molecule has 0 aliphatic heterocycles. The van der Waals surface area contributed by atoms with Crippen molar-refractivity contribution in [1.82, 2.24) is 10.3 Å². The molecule has 0 aromatic carbocycles. The third-order valence-corrected chi connectivity index (χ3v) is 6.11. The van der Waals surface area contributed by atoms with Gasteiger partial charge in [-0.05, 0) is 39.0 Å². The number of nitrogens with one attached hydrogen (secondary N) is 2. The molecule has 114 valence electrons. The van der Waals surface area contributed by atoms with Gasteiger partial charge in [0, 0.05) is 25.0 Å². The number of sulfonamides is 1. The number of aromatic nitrogens is 1. The Kier molecular flexibility index (Phi) is 5.37. The minimum absolute atomic E-state index is 0.298. The molecule has 2 aromatic rings. The first kappa shape index (κ1) is 16.4. The van der Waals surface area contributed by atoms with Crippen LogP contribution < -0.4 is 10.0 Å². The SMILES string of the molecule is CC(C)NCc1csc(S(=O)(=O)Nc2ccncc2Br)c1. The van der Waals surface area contributed by atoms with Gasteiger partial charge in [-0.3, -0.25) is 9.71 Å². The normalized spacial score (nSPS) is 11.8. The summed E-state index contributed by atoms with van der Waals surface area (Å²) in [7, 11) is -3.57. The molecule has 0 amide bonds. The Morgan fingerprint density at radius 2 is 2.19 bits per heavy atom. The largest absolute Gasteiger partial charge is 0.310 e. The highest BCUT2D eigenvalue weighted by Gasteiger charge is 2.18. The molecule has 2 N–H and O–H groups in total. The van der Waals surface area contributed by atoms with E-state index in [1.54, 1.807) is 18.3 Å². The average Bonchev–Trinajstić information content (AvgIpc) is 2.88. The first-order chi connectivity index (χ1) is 9.88. The van der Waals surface area contributed by atoms with Crippen molar-refractivity contribution in [3.8, 4) is 0 Å². The van der Waals surface area contributed by atoms with Gasteiger partial charge < -0.3 is 5.32 Å². The second-order valence-electron chi connectivity index (χ2n) is 4.77. The fraction of sp³-hybridized carbons (Fsp3) is 0.308. The van der Waals surface area contributed by atoms with Crippen molar-refractivity contribution in [2.75, 3.05) is 4.72 Å². The summed E-state index contributed by atoms with van der Waals surface area (Å²) in [4.78, 5) is 3.91. The number of thiophene rings is 1. The highest BCUT2D eigenvalue weighted by atomic mass is 79.9. The van der Waals surface area contributed by atoms with Crippen molar-refractivity contribution < 1.29 is 8.42 Å². The highest BCUT2D eigenvalue weighted by Crippen LogP contribution is 2.26. The number of hydrogen-bond donors (Lipinski definition) is 2. The smallest absolute Gasteiger partial charge is 0.271 e. The van der Waals surface area contributed by atoms with Crippen molar-refractivity contribution in [2.45, 2.75) is 30.6 Å². The zero-order valence-corrected chi connectivity index (χ0v) is 14.8. The standard InChI is InChI=1S/C13H16BrN3O2S2/c1-9(2)16-6-10-5-13(20-8-10)21(18,19)17-12-3-4-15-7-11(12)14/h3-5,7-9,16H,6H2,1-2H3,(H,15,17). The van der Waals surface area contributed by atoms with Gasteiger partial charge in [-0.2, -0.15) is 0 Å². The lowest BCUT2D eigenvalue weighted by Gasteiger charge is -2.07. The average molecular weight is 390 g/mol. The van der Waals surface area contributed by atoms with E-state index >= 15 is 0 Å². The zero-order chi connectivity index (χ0) is 15.5. The number of halogens is 1. The van der Waals surface area contributed by atoms with Crippen molar-refractivity contribution in [1.29, 1.82) is 0 Å². The van der Waals surface area contributed by atoms with Crippen LogP contribution in [0.15, 0.2) is 38.6 Å². The summed E-state index contributed by atoms with van der Waals surface area (Å²) in [5.74, 6) is 0. The van der Waals surface area contributed by atoms with E-state index in [0.717, 1.165) is 5.56 Å². The van der Waals surface area contributed by atoms with Crippen LogP contribution in [0, 0.1) is 0 Å². The van der Waals surface area contributed by atoms with Crippen molar-refractivity contribution in [3.63, 3.8) is 0 Å². The molecule has 0 atom stereocenters. The van der Waals surface area contributed by atoms with Crippen LogP contribution in [0.25, 0.3) is 0 Å². The maximum atomic E-state index is 12.3. The molecule has 0 radical (unpaired) electrons. The lowest BCUT2D eigenvalue weighted by Crippen LogP contribution is -2.21. The fourth-order valence-corrected chi connectivity index (χ4v) is 4.33. The Morgan fingerprint density at radius 3 is 2.86 bits per heavy atom. The Bertz CT molecular complexity index is 714. The lowest BCUT2D eigenvalue weighted by atomic mass is 10.3. The van der Waals surface area contributed by atoms with E-state index in [4.69, 9.17) is 0 Å². The maximum absolute atomic E-state index is 12.3. The lowest BCUT2D eigenvalue weighted by molar-refractivity contribution is 0.589.